The Morgan fingerprint density at radius 2 is 1.97 bits per heavy atom. The van der Waals surface area contributed by atoms with E-state index in [0.717, 1.165) is 25.0 Å². The summed E-state index contributed by atoms with van der Waals surface area (Å²) in [5.74, 6) is -0.113. The van der Waals surface area contributed by atoms with E-state index in [1.165, 1.54) is 13.2 Å². The number of esters is 1. The zero-order valence-corrected chi connectivity index (χ0v) is 17.4. The van der Waals surface area contributed by atoms with Gasteiger partial charge >= 0.3 is 5.97 Å². The summed E-state index contributed by atoms with van der Waals surface area (Å²) in [6.45, 7) is 1.10. The van der Waals surface area contributed by atoms with Gasteiger partial charge in [-0.15, -0.1) is 0 Å². The van der Waals surface area contributed by atoms with Gasteiger partial charge in [-0.2, -0.15) is 0 Å². The summed E-state index contributed by atoms with van der Waals surface area (Å²) in [6.07, 6.45) is 1.96. The molecule has 1 saturated heterocycles. The first-order chi connectivity index (χ1) is 14.5. The van der Waals surface area contributed by atoms with Gasteiger partial charge in [0.25, 0.3) is 5.91 Å². The molecule has 160 valence electrons. The minimum absolute atomic E-state index is 0.0364. The van der Waals surface area contributed by atoms with E-state index in [0.29, 0.717) is 29.7 Å². The van der Waals surface area contributed by atoms with E-state index in [2.05, 4.69) is 5.32 Å². The molecule has 0 saturated carbocycles. The van der Waals surface area contributed by atoms with E-state index in [4.69, 9.17) is 30.5 Å². The molecule has 1 atom stereocenters. The van der Waals surface area contributed by atoms with Gasteiger partial charge in [-0.25, -0.2) is 4.79 Å². The van der Waals surface area contributed by atoms with Gasteiger partial charge in [-0.3, -0.25) is 4.79 Å². The third-order valence-electron chi connectivity index (χ3n) is 4.59. The van der Waals surface area contributed by atoms with Gasteiger partial charge in [0, 0.05) is 18.2 Å². The average molecular weight is 434 g/mol. The van der Waals surface area contributed by atoms with Crippen molar-refractivity contribution in [2.45, 2.75) is 25.6 Å². The molecule has 0 radical (unpaired) electrons. The SMILES string of the molecule is COc1cc(C(=O)OCC(=O)NCC2CCCO2)ccc1OCc1ccc(Cl)cc1. The van der Waals surface area contributed by atoms with Gasteiger partial charge in [0.05, 0.1) is 18.8 Å². The monoisotopic (exact) mass is 433 g/mol. The molecule has 0 aromatic heterocycles. The first-order valence-corrected chi connectivity index (χ1v) is 10.0. The van der Waals surface area contributed by atoms with Crippen LogP contribution in [-0.4, -0.2) is 44.8 Å². The molecule has 2 aromatic carbocycles. The molecule has 0 spiro atoms. The zero-order chi connectivity index (χ0) is 21.3. The number of methoxy groups -OCH3 is 1. The Balaban J connectivity index is 1.50. The van der Waals surface area contributed by atoms with Crippen LogP contribution in [0.3, 0.4) is 0 Å². The van der Waals surface area contributed by atoms with Crippen molar-refractivity contribution in [1.29, 1.82) is 0 Å². The molecule has 0 aliphatic carbocycles. The minimum Gasteiger partial charge on any atom is -0.493 e. The van der Waals surface area contributed by atoms with Gasteiger partial charge in [0.15, 0.2) is 18.1 Å². The molecule has 7 nitrogen and oxygen atoms in total. The van der Waals surface area contributed by atoms with Crippen molar-refractivity contribution in [3.05, 3.63) is 58.6 Å². The van der Waals surface area contributed by atoms with Gasteiger partial charge < -0.3 is 24.3 Å². The Labute approximate surface area is 180 Å². The number of rotatable bonds is 9. The number of carbonyl (C=O) groups is 2. The van der Waals surface area contributed by atoms with Crippen LogP contribution < -0.4 is 14.8 Å². The van der Waals surface area contributed by atoms with Crippen LogP contribution in [0.2, 0.25) is 5.02 Å². The lowest BCUT2D eigenvalue weighted by molar-refractivity contribution is -0.124. The quantitative estimate of drug-likeness (QED) is 0.610. The summed E-state index contributed by atoms with van der Waals surface area (Å²) in [5.41, 5.74) is 1.21. The number of hydrogen-bond acceptors (Lipinski definition) is 6. The largest absolute Gasteiger partial charge is 0.493 e. The standard InChI is InChI=1S/C22H24ClNO6/c1-27-20-11-16(6-9-19(20)29-13-15-4-7-17(23)8-5-15)22(26)30-14-21(25)24-12-18-3-2-10-28-18/h4-9,11,18H,2-3,10,12-14H2,1H3,(H,24,25). The molecule has 2 aromatic rings. The van der Waals surface area contributed by atoms with Crippen molar-refractivity contribution >= 4 is 23.5 Å². The van der Waals surface area contributed by atoms with E-state index in [1.54, 1.807) is 24.3 Å². The van der Waals surface area contributed by atoms with E-state index in [1.807, 2.05) is 12.1 Å². The number of amides is 1. The molecule has 30 heavy (non-hydrogen) atoms. The summed E-state index contributed by atoms with van der Waals surface area (Å²) in [4.78, 5) is 24.1. The lowest BCUT2D eigenvalue weighted by atomic mass is 10.2. The number of carbonyl (C=O) groups excluding carboxylic acids is 2. The maximum atomic E-state index is 12.3. The molecular weight excluding hydrogens is 410 g/mol. The van der Waals surface area contributed by atoms with E-state index in [-0.39, 0.29) is 24.2 Å². The number of nitrogens with one attached hydrogen (secondary N) is 1. The van der Waals surface area contributed by atoms with Crippen molar-refractivity contribution in [1.82, 2.24) is 5.32 Å². The average Bonchev–Trinajstić information content (AvgIpc) is 3.29. The highest BCUT2D eigenvalue weighted by Gasteiger charge is 2.17. The van der Waals surface area contributed by atoms with E-state index >= 15 is 0 Å². The molecule has 1 fully saturated rings. The Morgan fingerprint density at radius 3 is 2.67 bits per heavy atom. The van der Waals surface area contributed by atoms with Crippen molar-refractivity contribution in [2.75, 3.05) is 26.9 Å². The van der Waals surface area contributed by atoms with Crippen molar-refractivity contribution in [3.8, 4) is 11.5 Å². The fraction of sp³-hybridized carbons (Fsp3) is 0.364. The smallest absolute Gasteiger partial charge is 0.338 e. The highest BCUT2D eigenvalue weighted by Crippen LogP contribution is 2.29. The third-order valence-corrected chi connectivity index (χ3v) is 4.84. The van der Waals surface area contributed by atoms with Gasteiger partial charge in [-0.05, 0) is 48.7 Å². The fourth-order valence-electron chi connectivity index (χ4n) is 2.95. The van der Waals surface area contributed by atoms with Crippen molar-refractivity contribution < 1.29 is 28.5 Å². The second-order valence-corrected chi connectivity index (χ2v) is 7.23. The van der Waals surface area contributed by atoms with Crippen molar-refractivity contribution in [2.24, 2.45) is 0 Å². The molecular formula is C22H24ClNO6. The van der Waals surface area contributed by atoms with Crippen LogP contribution in [-0.2, 0) is 20.9 Å². The summed E-state index contributed by atoms with van der Waals surface area (Å²) in [6, 6.07) is 12.0. The lowest BCUT2D eigenvalue weighted by Gasteiger charge is -2.13. The zero-order valence-electron chi connectivity index (χ0n) is 16.7. The molecule has 1 N–H and O–H groups in total. The van der Waals surface area contributed by atoms with Crippen LogP contribution in [0.5, 0.6) is 11.5 Å². The second-order valence-electron chi connectivity index (χ2n) is 6.80. The number of halogens is 1. The van der Waals surface area contributed by atoms with Crippen molar-refractivity contribution in [3.63, 3.8) is 0 Å². The number of benzene rings is 2. The molecule has 1 aliphatic rings. The Hall–Kier alpha value is -2.77. The van der Waals surface area contributed by atoms with Crippen LogP contribution in [0.4, 0.5) is 0 Å². The highest BCUT2D eigenvalue weighted by molar-refractivity contribution is 6.30. The van der Waals surface area contributed by atoms with Crippen LogP contribution in [0.25, 0.3) is 0 Å². The molecule has 3 rings (SSSR count). The first-order valence-electron chi connectivity index (χ1n) is 9.66. The van der Waals surface area contributed by atoms with Gasteiger partial charge in [0.2, 0.25) is 0 Å². The maximum absolute atomic E-state index is 12.3. The van der Waals surface area contributed by atoms with E-state index in [9.17, 15) is 9.59 Å². The maximum Gasteiger partial charge on any atom is 0.338 e. The molecule has 0 bridgehead atoms. The number of hydrogen-bond donors (Lipinski definition) is 1. The van der Waals surface area contributed by atoms with Crippen LogP contribution >= 0.6 is 11.6 Å². The molecule has 8 heteroatoms. The summed E-state index contributed by atoms with van der Waals surface area (Å²) >= 11 is 5.88. The predicted molar refractivity (Wildman–Crippen MR) is 111 cm³/mol. The molecule has 1 unspecified atom stereocenters. The summed E-state index contributed by atoms with van der Waals surface area (Å²) in [5, 5.41) is 3.36. The fourth-order valence-corrected chi connectivity index (χ4v) is 3.08. The topological polar surface area (TPSA) is 83.1 Å². The number of ether oxygens (including phenoxy) is 4. The molecule has 1 amide bonds. The predicted octanol–water partition coefficient (Wildman–Crippen LogP) is 3.38. The second kappa shape index (κ2) is 10.8. The first kappa shape index (κ1) is 21.9. The molecule has 1 aliphatic heterocycles. The normalized spacial score (nSPS) is 15.5. The summed E-state index contributed by atoms with van der Waals surface area (Å²) in [7, 11) is 1.48. The van der Waals surface area contributed by atoms with Gasteiger partial charge in [-0.1, -0.05) is 23.7 Å². The van der Waals surface area contributed by atoms with Crippen LogP contribution in [0.15, 0.2) is 42.5 Å². The van der Waals surface area contributed by atoms with Crippen LogP contribution in [0, 0.1) is 0 Å². The highest BCUT2D eigenvalue weighted by atomic mass is 35.5. The van der Waals surface area contributed by atoms with Crippen LogP contribution in [0.1, 0.15) is 28.8 Å². The minimum atomic E-state index is -0.621. The third kappa shape index (κ3) is 6.37. The van der Waals surface area contributed by atoms with E-state index < -0.39 is 5.97 Å². The Bertz CT molecular complexity index is 864. The van der Waals surface area contributed by atoms with Gasteiger partial charge in [0.1, 0.15) is 6.61 Å². The molecule has 1 heterocycles. The Morgan fingerprint density at radius 1 is 1.17 bits per heavy atom. The summed E-state index contributed by atoms with van der Waals surface area (Å²) < 4.78 is 21.6. The Kier molecular flexibility index (Phi) is 7.93. The lowest BCUT2D eigenvalue weighted by Crippen LogP contribution is -2.34.